The normalized spacial score (nSPS) is 26.8. The summed E-state index contributed by atoms with van der Waals surface area (Å²) in [4.78, 5) is 18.3. The number of phenolic OH excluding ortho intramolecular Hbond substituents is 2. The van der Waals surface area contributed by atoms with Gasteiger partial charge in [0.25, 0.3) is 0 Å². The van der Waals surface area contributed by atoms with Gasteiger partial charge in [-0.1, -0.05) is 12.1 Å². The lowest BCUT2D eigenvalue weighted by molar-refractivity contribution is -0.277. The highest BCUT2D eigenvalue weighted by Gasteiger charge is 2.44. The number of likely N-dealkylation sites (tertiary alicyclic amines) is 2. The molecule has 3 aliphatic rings. The molecule has 0 radical (unpaired) electrons. The fraction of sp³-hybridized carbons (Fsp3) is 0.516. The van der Waals surface area contributed by atoms with Crippen LogP contribution in [0.2, 0.25) is 0 Å². The summed E-state index contributed by atoms with van der Waals surface area (Å²) in [7, 11) is 0. The smallest absolute Gasteiger partial charge is 0.229 e. The molecule has 0 saturated carbocycles. The van der Waals surface area contributed by atoms with Crippen LogP contribution in [0.1, 0.15) is 36.8 Å². The predicted octanol–water partition coefficient (Wildman–Crippen LogP) is 1.24. The molecule has 0 aliphatic carbocycles. The van der Waals surface area contributed by atoms with Gasteiger partial charge in [-0.2, -0.15) is 0 Å². The standard InChI is InChI=1S/C31H38N2O10/c34-15-22-27(38)28(39)29(40)31(43-22)42-18-7-5-17(6-8-18)21-16-41-30-20(14-33-11-3-4-12-33)24(35)19(13-32-9-1-2-10-32)25(36)23(30)26(21)37/h5-8,16,22,27-29,31,34-36,38-40H,1-4,9-15H2/t22-,27-,28+,29-,31-/m0/s1. The fourth-order valence-electron chi connectivity index (χ4n) is 6.29. The van der Waals surface area contributed by atoms with Gasteiger partial charge in [0.05, 0.1) is 23.3 Å². The van der Waals surface area contributed by atoms with Gasteiger partial charge in [0.1, 0.15) is 58.9 Å². The molecule has 12 nitrogen and oxygen atoms in total. The largest absolute Gasteiger partial charge is 0.507 e. The van der Waals surface area contributed by atoms with Crippen molar-refractivity contribution in [2.75, 3.05) is 32.8 Å². The minimum atomic E-state index is -1.57. The monoisotopic (exact) mass is 598 g/mol. The van der Waals surface area contributed by atoms with E-state index in [1.807, 2.05) is 0 Å². The molecule has 1 aromatic heterocycles. The molecule has 12 heteroatoms. The summed E-state index contributed by atoms with van der Waals surface area (Å²) < 4.78 is 17.1. The van der Waals surface area contributed by atoms with Gasteiger partial charge < -0.3 is 44.5 Å². The summed E-state index contributed by atoms with van der Waals surface area (Å²) in [5, 5.41) is 62.5. The number of phenols is 2. The van der Waals surface area contributed by atoms with Crippen molar-refractivity contribution in [3.63, 3.8) is 0 Å². The van der Waals surface area contributed by atoms with Crippen LogP contribution in [0, 0.1) is 0 Å². The molecule has 43 heavy (non-hydrogen) atoms. The van der Waals surface area contributed by atoms with Crippen LogP contribution in [-0.2, 0) is 17.8 Å². The summed E-state index contributed by atoms with van der Waals surface area (Å²) in [6, 6.07) is 6.28. The van der Waals surface area contributed by atoms with Crippen LogP contribution in [0.4, 0.5) is 0 Å². The van der Waals surface area contributed by atoms with E-state index in [1.54, 1.807) is 12.1 Å². The number of hydrogen-bond acceptors (Lipinski definition) is 12. The predicted molar refractivity (Wildman–Crippen MR) is 155 cm³/mol. The molecular weight excluding hydrogens is 560 g/mol. The zero-order chi connectivity index (χ0) is 30.2. The lowest BCUT2D eigenvalue weighted by atomic mass is 9.98. The molecule has 0 bridgehead atoms. The minimum absolute atomic E-state index is 0.0281. The molecule has 4 heterocycles. The average Bonchev–Trinajstić information content (AvgIpc) is 3.73. The van der Waals surface area contributed by atoms with E-state index in [-0.39, 0.29) is 33.8 Å². The Balaban J connectivity index is 1.33. The molecule has 0 unspecified atom stereocenters. The molecule has 0 spiro atoms. The van der Waals surface area contributed by atoms with E-state index in [9.17, 15) is 35.4 Å². The number of rotatable bonds is 8. The number of aromatic hydroxyl groups is 2. The van der Waals surface area contributed by atoms with Crippen molar-refractivity contribution in [3.05, 3.63) is 51.9 Å². The first kappa shape index (κ1) is 29.8. The number of aliphatic hydroxyl groups is 4. The van der Waals surface area contributed by atoms with Crippen LogP contribution >= 0.6 is 0 Å². The van der Waals surface area contributed by atoms with Gasteiger partial charge >= 0.3 is 0 Å². The Kier molecular flexibility index (Phi) is 8.60. The summed E-state index contributed by atoms with van der Waals surface area (Å²) in [6.07, 6.45) is -1.57. The second-order valence-electron chi connectivity index (χ2n) is 11.6. The van der Waals surface area contributed by atoms with Crippen molar-refractivity contribution in [2.45, 2.75) is 69.5 Å². The van der Waals surface area contributed by atoms with Gasteiger partial charge in [-0.05, 0) is 69.6 Å². The summed E-state index contributed by atoms with van der Waals surface area (Å²) >= 11 is 0. The Labute approximate surface area is 247 Å². The van der Waals surface area contributed by atoms with Crippen LogP contribution < -0.4 is 10.2 Å². The molecule has 0 amide bonds. The molecule has 5 atom stereocenters. The van der Waals surface area contributed by atoms with Gasteiger partial charge in [-0.25, -0.2) is 0 Å². The maximum atomic E-state index is 13.9. The zero-order valence-corrected chi connectivity index (χ0v) is 23.8. The molecule has 232 valence electrons. The van der Waals surface area contributed by atoms with Crippen molar-refractivity contribution < 1.29 is 44.5 Å². The van der Waals surface area contributed by atoms with Gasteiger partial charge in [0.15, 0.2) is 0 Å². The minimum Gasteiger partial charge on any atom is -0.507 e. The van der Waals surface area contributed by atoms with Gasteiger partial charge in [-0.3, -0.25) is 14.6 Å². The Morgan fingerprint density at radius 2 is 1.42 bits per heavy atom. The fourth-order valence-corrected chi connectivity index (χ4v) is 6.29. The van der Waals surface area contributed by atoms with E-state index in [1.165, 1.54) is 18.4 Å². The first-order chi connectivity index (χ1) is 20.8. The van der Waals surface area contributed by atoms with Gasteiger partial charge in [0.2, 0.25) is 11.7 Å². The van der Waals surface area contributed by atoms with Crippen LogP contribution in [0.5, 0.6) is 17.2 Å². The first-order valence-corrected chi connectivity index (χ1v) is 14.8. The maximum absolute atomic E-state index is 13.9. The number of aliphatic hydroxyl groups excluding tert-OH is 4. The Hall–Kier alpha value is -3.23. The summed E-state index contributed by atoms with van der Waals surface area (Å²) in [6.45, 7) is 3.61. The van der Waals surface area contributed by atoms with E-state index in [0.717, 1.165) is 51.9 Å². The molecule has 3 aromatic rings. The number of hydrogen-bond donors (Lipinski definition) is 6. The highest BCUT2D eigenvalue weighted by Crippen LogP contribution is 2.41. The molecule has 3 fully saturated rings. The van der Waals surface area contributed by atoms with Gasteiger partial charge in [0, 0.05) is 13.1 Å². The highest BCUT2D eigenvalue weighted by molar-refractivity contribution is 5.92. The number of ether oxygens (including phenoxy) is 2. The topological polar surface area (TPSA) is 177 Å². The lowest BCUT2D eigenvalue weighted by Gasteiger charge is -2.39. The van der Waals surface area contributed by atoms with Crippen molar-refractivity contribution >= 4 is 11.0 Å². The Morgan fingerprint density at radius 3 is 2.02 bits per heavy atom. The maximum Gasteiger partial charge on any atom is 0.229 e. The molecule has 6 rings (SSSR count). The third kappa shape index (κ3) is 5.72. The van der Waals surface area contributed by atoms with E-state index in [2.05, 4.69) is 9.80 Å². The van der Waals surface area contributed by atoms with E-state index in [0.29, 0.717) is 29.8 Å². The average molecular weight is 599 g/mol. The highest BCUT2D eigenvalue weighted by atomic mass is 16.7. The third-order valence-electron chi connectivity index (χ3n) is 8.79. The van der Waals surface area contributed by atoms with Crippen LogP contribution in [0.3, 0.4) is 0 Å². The SMILES string of the molecule is O=c1c(-c2ccc(O[C@H]3O[C@@H](CO)[C@H](O)[C@@H](O)[C@@H]3O)cc2)coc2c(CN3CCCC3)c(O)c(CN3CCCC3)c(O)c12. The molecule has 6 N–H and O–H groups in total. The summed E-state index contributed by atoms with van der Waals surface area (Å²) in [5.41, 5.74) is 1.24. The Bertz CT molecular complexity index is 1500. The van der Waals surface area contributed by atoms with Crippen molar-refractivity contribution in [1.29, 1.82) is 0 Å². The number of benzene rings is 2. The zero-order valence-electron chi connectivity index (χ0n) is 23.8. The number of fused-ring (bicyclic) bond motifs is 1. The second kappa shape index (κ2) is 12.4. The molecule has 3 aliphatic heterocycles. The van der Waals surface area contributed by atoms with Crippen LogP contribution in [-0.4, -0.2) is 104 Å². The second-order valence-corrected chi connectivity index (χ2v) is 11.6. The Morgan fingerprint density at radius 1 is 0.814 bits per heavy atom. The van der Waals surface area contributed by atoms with Crippen molar-refractivity contribution in [1.82, 2.24) is 9.80 Å². The van der Waals surface area contributed by atoms with E-state index >= 15 is 0 Å². The summed E-state index contributed by atoms with van der Waals surface area (Å²) in [5.74, 6) is -0.0658. The van der Waals surface area contributed by atoms with Crippen LogP contribution in [0.15, 0.2) is 39.7 Å². The molecule has 3 saturated heterocycles. The third-order valence-corrected chi connectivity index (χ3v) is 8.79. The number of nitrogens with zero attached hydrogens (tertiary/aromatic N) is 2. The molecular formula is C31H38N2O10. The van der Waals surface area contributed by atoms with Crippen molar-refractivity contribution in [3.8, 4) is 28.4 Å². The van der Waals surface area contributed by atoms with Crippen molar-refractivity contribution in [2.24, 2.45) is 0 Å². The van der Waals surface area contributed by atoms with Crippen LogP contribution in [0.25, 0.3) is 22.1 Å². The van der Waals surface area contributed by atoms with E-state index in [4.69, 9.17) is 13.9 Å². The van der Waals surface area contributed by atoms with E-state index < -0.39 is 42.7 Å². The van der Waals surface area contributed by atoms with Gasteiger partial charge in [-0.15, -0.1) is 0 Å². The quantitative estimate of drug-likeness (QED) is 0.219. The lowest BCUT2D eigenvalue weighted by Crippen LogP contribution is -2.60. The molecule has 2 aromatic carbocycles. The first-order valence-electron chi connectivity index (χ1n) is 14.8.